The fraction of sp³-hybridized carbons (Fsp3) is 0.353. The molecule has 0 radical (unpaired) electrons. The summed E-state index contributed by atoms with van der Waals surface area (Å²) in [5, 5.41) is 9.79. The number of aryl methyl sites for hydroxylation is 1. The lowest BCUT2D eigenvalue weighted by atomic mass is 10.3. The number of nitrogens with zero attached hydrogens (tertiary/aromatic N) is 4. The van der Waals surface area contributed by atoms with Crippen LogP contribution in [0.5, 0.6) is 0 Å². The zero-order valence-corrected chi connectivity index (χ0v) is 13.6. The summed E-state index contributed by atoms with van der Waals surface area (Å²) in [4.78, 5) is 4.37. The zero-order chi connectivity index (χ0) is 15.5. The largest absolute Gasteiger partial charge is 0.467 e. The molecule has 0 bridgehead atoms. The fourth-order valence-corrected chi connectivity index (χ4v) is 3.46. The normalized spacial score (nSPS) is 14.3. The Kier molecular flexibility index (Phi) is 4.15. The molecule has 118 valence electrons. The van der Waals surface area contributed by atoms with Crippen molar-refractivity contribution >= 4 is 11.8 Å². The van der Waals surface area contributed by atoms with Gasteiger partial charge in [-0.05, 0) is 43.5 Å². The van der Waals surface area contributed by atoms with Crippen LogP contribution in [0.1, 0.15) is 36.0 Å². The maximum atomic E-state index is 5.50. The molecule has 1 aliphatic carbocycles. The van der Waals surface area contributed by atoms with Gasteiger partial charge >= 0.3 is 0 Å². The van der Waals surface area contributed by atoms with Crippen molar-refractivity contribution in [3.63, 3.8) is 0 Å². The predicted molar refractivity (Wildman–Crippen MR) is 88.5 cm³/mol. The maximum Gasteiger partial charge on any atom is 0.191 e. The lowest BCUT2D eigenvalue weighted by Gasteiger charge is -2.08. The molecular formula is C17H18N4OS. The van der Waals surface area contributed by atoms with Crippen molar-refractivity contribution in [2.24, 2.45) is 0 Å². The molecule has 1 saturated carbocycles. The molecule has 1 fully saturated rings. The molecule has 3 aromatic rings. The Morgan fingerprint density at radius 3 is 2.87 bits per heavy atom. The minimum Gasteiger partial charge on any atom is -0.467 e. The smallest absolute Gasteiger partial charge is 0.191 e. The van der Waals surface area contributed by atoms with E-state index in [1.54, 1.807) is 18.0 Å². The van der Waals surface area contributed by atoms with Gasteiger partial charge in [0.05, 0.1) is 12.8 Å². The summed E-state index contributed by atoms with van der Waals surface area (Å²) < 4.78 is 7.70. The quantitative estimate of drug-likeness (QED) is 0.622. The van der Waals surface area contributed by atoms with E-state index in [0.29, 0.717) is 12.5 Å². The van der Waals surface area contributed by atoms with Crippen LogP contribution in [-0.2, 0) is 13.0 Å². The Bertz CT molecular complexity index is 750. The van der Waals surface area contributed by atoms with Crippen molar-refractivity contribution in [2.45, 2.75) is 36.9 Å². The highest BCUT2D eigenvalue weighted by Gasteiger charge is 2.30. The number of aromatic nitrogens is 4. The van der Waals surface area contributed by atoms with Crippen LogP contribution in [0.4, 0.5) is 0 Å². The van der Waals surface area contributed by atoms with Gasteiger partial charge in [0, 0.05) is 23.6 Å². The van der Waals surface area contributed by atoms with Crippen LogP contribution in [0.15, 0.2) is 52.4 Å². The summed E-state index contributed by atoms with van der Waals surface area (Å²) >= 11 is 1.74. The number of hydrogen-bond donors (Lipinski definition) is 0. The van der Waals surface area contributed by atoms with Crippen LogP contribution in [-0.4, -0.2) is 25.5 Å². The van der Waals surface area contributed by atoms with Crippen LogP contribution in [0.3, 0.4) is 0 Å². The third-order valence-corrected chi connectivity index (χ3v) is 4.87. The summed E-state index contributed by atoms with van der Waals surface area (Å²) in [6.45, 7) is 0.706. The first-order chi connectivity index (χ1) is 11.4. The molecular weight excluding hydrogens is 308 g/mol. The van der Waals surface area contributed by atoms with Gasteiger partial charge in [-0.3, -0.25) is 9.55 Å². The highest BCUT2D eigenvalue weighted by molar-refractivity contribution is 7.99. The summed E-state index contributed by atoms with van der Waals surface area (Å²) in [5.74, 6) is 3.56. The first kappa shape index (κ1) is 14.5. The maximum absolute atomic E-state index is 5.50. The van der Waals surface area contributed by atoms with Crippen molar-refractivity contribution in [1.29, 1.82) is 0 Å². The van der Waals surface area contributed by atoms with E-state index >= 15 is 0 Å². The van der Waals surface area contributed by atoms with Gasteiger partial charge < -0.3 is 4.42 Å². The summed E-state index contributed by atoms with van der Waals surface area (Å²) in [6.07, 6.45) is 6.91. The van der Waals surface area contributed by atoms with Crippen molar-refractivity contribution in [3.05, 3.63) is 60.1 Å². The molecule has 0 saturated heterocycles. The van der Waals surface area contributed by atoms with Gasteiger partial charge in [0.2, 0.25) is 0 Å². The highest BCUT2D eigenvalue weighted by Crippen LogP contribution is 2.40. The monoisotopic (exact) mass is 326 g/mol. The molecule has 3 aromatic heterocycles. The number of furan rings is 1. The lowest BCUT2D eigenvalue weighted by molar-refractivity contribution is 0.478. The van der Waals surface area contributed by atoms with E-state index in [1.165, 1.54) is 12.8 Å². The SMILES string of the molecule is c1ccc(CCSc2nnc(C3CC3)n2Cc2ccco2)nc1. The molecule has 6 heteroatoms. The van der Waals surface area contributed by atoms with E-state index in [9.17, 15) is 0 Å². The van der Waals surface area contributed by atoms with Crippen LogP contribution in [0.2, 0.25) is 0 Å². The van der Waals surface area contributed by atoms with Gasteiger partial charge in [0.25, 0.3) is 0 Å². The van der Waals surface area contributed by atoms with Gasteiger partial charge in [-0.1, -0.05) is 17.8 Å². The Morgan fingerprint density at radius 1 is 1.17 bits per heavy atom. The average molecular weight is 326 g/mol. The Balaban J connectivity index is 1.47. The molecule has 5 nitrogen and oxygen atoms in total. The lowest BCUT2D eigenvalue weighted by Crippen LogP contribution is -2.06. The average Bonchev–Trinajstić information content (AvgIpc) is 3.15. The second-order valence-corrected chi connectivity index (χ2v) is 6.76. The molecule has 3 heterocycles. The van der Waals surface area contributed by atoms with Gasteiger partial charge in [-0.25, -0.2) is 0 Å². The van der Waals surface area contributed by atoms with E-state index in [2.05, 4.69) is 25.8 Å². The van der Waals surface area contributed by atoms with Crippen LogP contribution in [0.25, 0.3) is 0 Å². The molecule has 4 rings (SSSR count). The minimum atomic E-state index is 0.572. The van der Waals surface area contributed by atoms with E-state index in [0.717, 1.165) is 34.6 Å². The predicted octanol–water partition coefficient (Wildman–Crippen LogP) is 3.53. The standard InChI is InChI=1S/C17H18N4OS/c1-2-9-18-14(4-1)8-11-23-17-20-19-16(13-6-7-13)21(17)12-15-5-3-10-22-15/h1-5,9-10,13H,6-8,11-12H2. The van der Waals surface area contributed by atoms with Gasteiger partial charge in [-0.2, -0.15) is 0 Å². The molecule has 0 amide bonds. The molecule has 0 N–H and O–H groups in total. The van der Waals surface area contributed by atoms with Crippen molar-refractivity contribution < 1.29 is 4.42 Å². The molecule has 0 aliphatic heterocycles. The molecule has 0 aromatic carbocycles. The van der Waals surface area contributed by atoms with E-state index in [-0.39, 0.29) is 0 Å². The molecule has 23 heavy (non-hydrogen) atoms. The second kappa shape index (κ2) is 6.58. The molecule has 0 unspecified atom stereocenters. The van der Waals surface area contributed by atoms with Crippen molar-refractivity contribution in [1.82, 2.24) is 19.7 Å². The van der Waals surface area contributed by atoms with E-state index in [4.69, 9.17) is 4.42 Å². The van der Waals surface area contributed by atoms with Crippen molar-refractivity contribution in [3.8, 4) is 0 Å². The topological polar surface area (TPSA) is 56.7 Å². The van der Waals surface area contributed by atoms with Crippen LogP contribution < -0.4 is 0 Å². The van der Waals surface area contributed by atoms with Crippen molar-refractivity contribution in [2.75, 3.05) is 5.75 Å². The highest BCUT2D eigenvalue weighted by atomic mass is 32.2. The molecule has 1 aliphatic rings. The third-order valence-electron chi connectivity index (χ3n) is 3.90. The number of pyridine rings is 1. The van der Waals surface area contributed by atoms with Gasteiger partial charge in [0.15, 0.2) is 5.16 Å². The third kappa shape index (κ3) is 3.47. The van der Waals surface area contributed by atoms with E-state index in [1.807, 2.05) is 30.5 Å². The number of thioether (sulfide) groups is 1. The first-order valence-corrected chi connectivity index (χ1v) is 8.87. The summed E-state index contributed by atoms with van der Waals surface area (Å²) in [5.41, 5.74) is 1.11. The van der Waals surface area contributed by atoms with Gasteiger partial charge in [-0.15, -0.1) is 10.2 Å². The summed E-state index contributed by atoms with van der Waals surface area (Å²) in [7, 11) is 0. The Morgan fingerprint density at radius 2 is 2.13 bits per heavy atom. The minimum absolute atomic E-state index is 0.572. The Hall–Kier alpha value is -2.08. The van der Waals surface area contributed by atoms with Gasteiger partial charge in [0.1, 0.15) is 11.6 Å². The van der Waals surface area contributed by atoms with Crippen LogP contribution in [0, 0.1) is 0 Å². The zero-order valence-electron chi connectivity index (χ0n) is 12.8. The summed E-state index contributed by atoms with van der Waals surface area (Å²) in [6, 6.07) is 9.95. The number of rotatable bonds is 7. The van der Waals surface area contributed by atoms with E-state index < -0.39 is 0 Å². The first-order valence-electron chi connectivity index (χ1n) is 7.88. The van der Waals surface area contributed by atoms with Crippen LogP contribution >= 0.6 is 11.8 Å². The number of hydrogen-bond acceptors (Lipinski definition) is 5. The Labute approximate surface area is 139 Å². The second-order valence-electron chi connectivity index (χ2n) is 5.70. The fourth-order valence-electron chi connectivity index (χ4n) is 2.55. The molecule has 0 atom stereocenters. The molecule has 0 spiro atoms.